The summed E-state index contributed by atoms with van der Waals surface area (Å²) in [4.78, 5) is 9.31. The molecule has 0 aliphatic heterocycles. The number of nitrogens with zero attached hydrogens (tertiary/aromatic N) is 4. The lowest BCUT2D eigenvalue weighted by Gasteiger charge is -2.12. The summed E-state index contributed by atoms with van der Waals surface area (Å²) in [6, 6.07) is 15.6. The molecule has 0 atom stereocenters. The van der Waals surface area contributed by atoms with E-state index in [1.165, 1.54) is 11.8 Å². The van der Waals surface area contributed by atoms with Crippen LogP contribution in [0.1, 0.15) is 5.56 Å². The van der Waals surface area contributed by atoms with Crippen molar-refractivity contribution in [2.24, 2.45) is 0 Å². The highest BCUT2D eigenvalue weighted by atomic mass is 32.2. The van der Waals surface area contributed by atoms with Gasteiger partial charge in [-0.25, -0.2) is 14.6 Å². The molecular weight excluding hydrogens is 386 g/mol. The van der Waals surface area contributed by atoms with E-state index in [1.54, 1.807) is 18.9 Å². The van der Waals surface area contributed by atoms with Gasteiger partial charge >= 0.3 is 0 Å². The molecule has 0 spiro atoms. The maximum absolute atomic E-state index is 6.52. The number of methoxy groups -OCH3 is 2. The molecule has 0 saturated heterocycles. The van der Waals surface area contributed by atoms with Crippen LogP contribution in [0, 0.1) is 0 Å². The largest absolute Gasteiger partial charge is 0.497 e. The molecule has 0 aliphatic rings. The maximum Gasteiger partial charge on any atom is 0.190 e. The van der Waals surface area contributed by atoms with Gasteiger partial charge in [-0.15, -0.1) is 5.10 Å². The minimum atomic E-state index is 0.511. The Kier molecular flexibility index (Phi) is 5.26. The molecule has 0 aliphatic carbocycles. The van der Waals surface area contributed by atoms with E-state index in [1.807, 2.05) is 54.8 Å². The zero-order chi connectivity index (χ0) is 20.4. The van der Waals surface area contributed by atoms with E-state index in [0.29, 0.717) is 45.7 Å². The fourth-order valence-electron chi connectivity index (χ4n) is 3.20. The standard InChI is InChI=1S/C21H21N5O2S/c1-27-14-9-10-16(28-2)15(11-14)18-17-19(22)26(12-13-7-5-4-6-8-13)25-20(17)24-21(23-18)29-3/h4-11H,12,22H2,1-3H3. The second kappa shape index (κ2) is 8.00. The van der Waals surface area contributed by atoms with Gasteiger partial charge in [0, 0.05) is 5.56 Å². The number of ether oxygens (including phenoxy) is 2. The second-order valence-corrected chi connectivity index (χ2v) is 7.13. The summed E-state index contributed by atoms with van der Waals surface area (Å²) in [6.45, 7) is 0.548. The molecule has 2 heterocycles. The summed E-state index contributed by atoms with van der Waals surface area (Å²) in [7, 11) is 3.25. The van der Waals surface area contributed by atoms with E-state index in [2.05, 4.69) is 10.1 Å². The molecule has 4 rings (SSSR count). The lowest BCUT2D eigenvalue weighted by molar-refractivity contribution is 0.404. The van der Waals surface area contributed by atoms with E-state index < -0.39 is 0 Å². The summed E-state index contributed by atoms with van der Waals surface area (Å²) in [5, 5.41) is 5.97. The molecule has 7 nitrogen and oxygen atoms in total. The molecule has 2 aromatic carbocycles. The van der Waals surface area contributed by atoms with Crippen LogP contribution in [0.3, 0.4) is 0 Å². The summed E-state index contributed by atoms with van der Waals surface area (Å²) in [5.41, 5.74) is 9.63. The Labute approximate surface area is 172 Å². The van der Waals surface area contributed by atoms with Crippen LogP contribution in [-0.2, 0) is 6.54 Å². The van der Waals surface area contributed by atoms with Gasteiger partial charge in [-0.05, 0) is 30.0 Å². The Morgan fingerprint density at radius 2 is 1.83 bits per heavy atom. The summed E-state index contributed by atoms with van der Waals surface area (Å²) >= 11 is 1.45. The molecule has 2 aromatic heterocycles. The average molecular weight is 407 g/mol. The molecule has 2 N–H and O–H groups in total. The molecule has 0 bridgehead atoms. The Balaban J connectivity index is 1.94. The van der Waals surface area contributed by atoms with Crippen LogP contribution in [0.2, 0.25) is 0 Å². The highest BCUT2D eigenvalue weighted by Crippen LogP contribution is 2.38. The first-order valence-electron chi connectivity index (χ1n) is 8.99. The molecule has 0 unspecified atom stereocenters. The normalized spacial score (nSPS) is 11.0. The zero-order valence-corrected chi connectivity index (χ0v) is 17.2. The van der Waals surface area contributed by atoms with Crippen LogP contribution in [-0.4, -0.2) is 40.2 Å². The third kappa shape index (κ3) is 3.58. The highest BCUT2D eigenvalue weighted by molar-refractivity contribution is 7.98. The number of fused-ring (bicyclic) bond motifs is 1. The Hall–Kier alpha value is -3.26. The zero-order valence-electron chi connectivity index (χ0n) is 16.4. The van der Waals surface area contributed by atoms with Crippen molar-refractivity contribution in [2.75, 3.05) is 26.2 Å². The number of nitrogens with two attached hydrogens (primary N) is 1. The van der Waals surface area contributed by atoms with Crippen molar-refractivity contribution in [3.8, 4) is 22.8 Å². The van der Waals surface area contributed by atoms with E-state index in [9.17, 15) is 0 Å². The number of thioether (sulfide) groups is 1. The van der Waals surface area contributed by atoms with Crippen LogP contribution in [0.15, 0.2) is 53.7 Å². The second-order valence-electron chi connectivity index (χ2n) is 6.35. The van der Waals surface area contributed by atoms with E-state index in [-0.39, 0.29) is 0 Å². The SMILES string of the molecule is COc1ccc(OC)c(-c2nc(SC)nc3nn(Cc4ccccc4)c(N)c23)c1. The summed E-state index contributed by atoms with van der Waals surface area (Å²) in [5.74, 6) is 1.89. The van der Waals surface area contributed by atoms with Crippen molar-refractivity contribution in [1.29, 1.82) is 0 Å². The van der Waals surface area contributed by atoms with Crippen LogP contribution < -0.4 is 15.2 Å². The number of anilines is 1. The quantitative estimate of drug-likeness (QED) is 0.383. The van der Waals surface area contributed by atoms with Gasteiger partial charge in [-0.2, -0.15) is 0 Å². The van der Waals surface area contributed by atoms with Gasteiger partial charge in [0.2, 0.25) is 0 Å². The van der Waals surface area contributed by atoms with Gasteiger partial charge in [0.15, 0.2) is 10.8 Å². The number of aromatic nitrogens is 4. The molecule has 8 heteroatoms. The van der Waals surface area contributed by atoms with Crippen LogP contribution in [0.5, 0.6) is 11.5 Å². The Bertz CT molecular complexity index is 1160. The summed E-state index contributed by atoms with van der Waals surface area (Å²) < 4.78 is 12.7. The van der Waals surface area contributed by atoms with Gasteiger partial charge in [-0.1, -0.05) is 42.1 Å². The van der Waals surface area contributed by atoms with Crippen LogP contribution in [0.25, 0.3) is 22.3 Å². The lowest BCUT2D eigenvalue weighted by atomic mass is 10.1. The number of nitrogen functional groups attached to an aromatic ring is 1. The van der Waals surface area contributed by atoms with E-state index >= 15 is 0 Å². The molecule has 0 saturated carbocycles. The molecular formula is C21H21N5O2S. The third-order valence-corrected chi connectivity index (χ3v) is 5.19. The number of rotatable bonds is 6. The molecule has 0 radical (unpaired) electrons. The number of hydrogen-bond donors (Lipinski definition) is 1. The van der Waals surface area contributed by atoms with E-state index in [4.69, 9.17) is 20.2 Å². The molecule has 0 amide bonds. The van der Waals surface area contributed by atoms with Gasteiger partial charge in [-0.3, -0.25) is 0 Å². The Morgan fingerprint density at radius 1 is 1.03 bits per heavy atom. The fourth-order valence-corrected chi connectivity index (χ4v) is 3.56. The van der Waals surface area contributed by atoms with Crippen molar-refractivity contribution < 1.29 is 9.47 Å². The molecule has 29 heavy (non-hydrogen) atoms. The fraction of sp³-hybridized carbons (Fsp3) is 0.190. The van der Waals surface area contributed by atoms with Gasteiger partial charge < -0.3 is 15.2 Å². The van der Waals surface area contributed by atoms with Crippen molar-refractivity contribution >= 4 is 28.6 Å². The third-order valence-electron chi connectivity index (χ3n) is 4.64. The first-order valence-corrected chi connectivity index (χ1v) is 10.2. The van der Waals surface area contributed by atoms with Gasteiger partial charge in [0.25, 0.3) is 0 Å². The number of hydrogen-bond acceptors (Lipinski definition) is 7. The van der Waals surface area contributed by atoms with Crippen LogP contribution >= 0.6 is 11.8 Å². The smallest absolute Gasteiger partial charge is 0.190 e. The van der Waals surface area contributed by atoms with E-state index in [0.717, 1.165) is 11.1 Å². The first-order chi connectivity index (χ1) is 14.1. The van der Waals surface area contributed by atoms with Crippen molar-refractivity contribution in [2.45, 2.75) is 11.7 Å². The monoisotopic (exact) mass is 407 g/mol. The lowest BCUT2D eigenvalue weighted by Crippen LogP contribution is -2.05. The minimum Gasteiger partial charge on any atom is -0.497 e. The topological polar surface area (TPSA) is 88.1 Å². The molecule has 148 valence electrons. The van der Waals surface area contributed by atoms with Crippen molar-refractivity contribution in [3.63, 3.8) is 0 Å². The van der Waals surface area contributed by atoms with Gasteiger partial charge in [0.1, 0.15) is 17.3 Å². The summed E-state index contributed by atoms with van der Waals surface area (Å²) in [6.07, 6.45) is 1.93. The first kappa shape index (κ1) is 19.1. The highest BCUT2D eigenvalue weighted by Gasteiger charge is 2.21. The minimum absolute atomic E-state index is 0.511. The van der Waals surface area contributed by atoms with Crippen molar-refractivity contribution in [1.82, 2.24) is 19.7 Å². The molecule has 4 aromatic rings. The van der Waals surface area contributed by atoms with Crippen molar-refractivity contribution in [3.05, 3.63) is 54.1 Å². The maximum atomic E-state index is 6.52. The Morgan fingerprint density at radius 3 is 2.52 bits per heavy atom. The number of benzene rings is 2. The predicted molar refractivity (Wildman–Crippen MR) is 116 cm³/mol. The van der Waals surface area contributed by atoms with Crippen LogP contribution in [0.4, 0.5) is 5.82 Å². The average Bonchev–Trinajstić information content (AvgIpc) is 3.08. The molecule has 0 fully saturated rings. The van der Waals surface area contributed by atoms with Gasteiger partial charge in [0.05, 0.1) is 31.8 Å². The predicted octanol–water partition coefficient (Wildman–Crippen LogP) is 3.86.